The Kier molecular flexibility index (Phi) is 6.82. The van der Waals surface area contributed by atoms with E-state index in [4.69, 9.17) is 0 Å². The quantitative estimate of drug-likeness (QED) is 0.600. The van der Waals surface area contributed by atoms with E-state index in [1.807, 2.05) is 25.1 Å². The molecule has 132 valence electrons. The van der Waals surface area contributed by atoms with Gasteiger partial charge >= 0.3 is 0 Å². The second-order valence-electron chi connectivity index (χ2n) is 7.04. The first-order valence-corrected chi connectivity index (χ1v) is 9.57. The van der Waals surface area contributed by atoms with Crippen LogP contribution in [0.1, 0.15) is 44.4 Å². The normalized spacial score (nSPS) is 12.1. The molecule has 0 aliphatic heterocycles. The van der Waals surface area contributed by atoms with Crippen LogP contribution < -0.4 is 5.43 Å². The molecule has 25 heavy (non-hydrogen) atoms. The first kappa shape index (κ1) is 19.3. The van der Waals surface area contributed by atoms with Gasteiger partial charge < -0.3 is 0 Å². The van der Waals surface area contributed by atoms with E-state index in [2.05, 4.69) is 67.7 Å². The fourth-order valence-corrected chi connectivity index (χ4v) is 3.07. The summed E-state index contributed by atoms with van der Waals surface area (Å²) < 4.78 is 0. The largest absolute Gasteiger partial charge is 0.272 e. The average Bonchev–Trinajstić information content (AvgIpc) is 2.60. The second-order valence-corrected chi connectivity index (χ2v) is 8.02. The number of hydrogen-bond acceptors (Lipinski definition) is 3. The Morgan fingerprint density at radius 3 is 2.28 bits per heavy atom. The van der Waals surface area contributed by atoms with Crippen LogP contribution in [0.3, 0.4) is 0 Å². The zero-order valence-electron chi connectivity index (χ0n) is 15.4. The minimum atomic E-state index is -0.0772. The molecule has 0 bridgehead atoms. The number of nitrogens with zero attached hydrogens (tertiary/aromatic N) is 1. The number of carbonyl (C=O) groups excluding carboxylic acids is 1. The molecule has 0 aliphatic rings. The molecular weight excluding hydrogens is 328 g/mol. The highest BCUT2D eigenvalue weighted by atomic mass is 32.2. The van der Waals surface area contributed by atoms with Crippen LogP contribution in [0, 0.1) is 0 Å². The molecule has 2 aromatic rings. The van der Waals surface area contributed by atoms with Crippen molar-refractivity contribution >= 4 is 23.4 Å². The number of hydrogen-bond donors (Lipinski definition) is 1. The van der Waals surface area contributed by atoms with Gasteiger partial charge in [-0.1, -0.05) is 75.4 Å². The lowest BCUT2D eigenvalue weighted by Gasteiger charge is -2.19. The molecule has 4 heteroatoms. The number of rotatable bonds is 6. The van der Waals surface area contributed by atoms with Crippen LogP contribution in [0.15, 0.2) is 59.7 Å². The molecule has 0 spiro atoms. The van der Waals surface area contributed by atoms with Crippen molar-refractivity contribution in [3.05, 3.63) is 71.3 Å². The van der Waals surface area contributed by atoms with Gasteiger partial charge in [-0.2, -0.15) is 5.10 Å². The van der Waals surface area contributed by atoms with Crippen molar-refractivity contribution in [2.75, 3.05) is 5.75 Å². The van der Waals surface area contributed by atoms with Crippen LogP contribution in [0.2, 0.25) is 0 Å². The molecule has 0 aromatic heterocycles. The Hall–Kier alpha value is -2.07. The van der Waals surface area contributed by atoms with Crippen molar-refractivity contribution in [2.45, 2.75) is 38.9 Å². The van der Waals surface area contributed by atoms with E-state index in [0.717, 1.165) is 17.0 Å². The smallest absolute Gasteiger partial charge is 0.250 e. The standard InChI is InChI=1S/C21H26N2OS/c1-16(18-10-12-19(13-11-18)21(2,3)4)22-23-20(24)15-25-14-17-8-6-5-7-9-17/h5-13H,14-15H2,1-4H3,(H,23,24)/b22-16-. The van der Waals surface area contributed by atoms with Gasteiger partial charge in [-0.05, 0) is 29.0 Å². The maximum atomic E-state index is 11.9. The molecule has 2 rings (SSSR count). The third kappa shape index (κ3) is 6.39. The molecular formula is C21H26N2OS. The highest BCUT2D eigenvalue weighted by Crippen LogP contribution is 2.22. The van der Waals surface area contributed by atoms with Crippen LogP contribution >= 0.6 is 11.8 Å². The molecule has 3 nitrogen and oxygen atoms in total. The summed E-state index contributed by atoms with van der Waals surface area (Å²) in [6, 6.07) is 18.5. The van der Waals surface area contributed by atoms with Crippen LogP contribution in [-0.2, 0) is 16.0 Å². The van der Waals surface area contributed by atoms with Crippen LogP contribution in [0.5, 0.6) is 0 Å². The van der Waals surface area contributed by atoms with Gasteiger partial charge in [0.15, 0.2) is 0 Å². The van der Waals surface area contributed by atoms with Crippen molar-refractivity contribution in [2.24, 2.45) is 5.10 Å². The van der Waals surface area contributed by atoms with Gasteiger partial charge in [0.1, 0.15) is 0 Å². The molecule has 0 heterocycles. The van der Waals surface area contributed by atoms with Gasteiger partial charge in [-0.15, -0.1) is 11.8 Å². The topological polar surface area (TPSA) is 41.5 Å². The molecule has 0 unspecified atom stereocenters. The Morgan fingerprint density at radius 2 is 1.68 bits per heavy atom. The summed E-state index contributed by atoms with van der Waals surface area (Å²) in [7, 11) is 0. The summed E-state index contributed by atoms with van der Waals surface area (Å²) >= 11 is 1.59. The molecule has 2 aromatic carbocycles. The van der Waals surface area contributed by atoms with E-state index in [9.17, 15) is 4.79 Å². The number of carbonyl (C=O) groups is 1. The lowest BCUT2D eigenvalue weighted by Crippen LogP contribution is -2.21. The third-order valence-corrected chi connectivity index (χ3v) is 4.87. The zero-order chi connectivity index (χ0) is 18.3. The Bertz CT molecular complexity index is 716. The number of hydrazone groups is 1. The molecule has 0 radical (unpaired) electrons. The third-order valence-electron chi connectivity index (χ3n) is 3.86. The minimum absolute atomic E-state index is 0.0772. The fraction of sp³-hybridized carbons (Fsp3) is 0.333. The van der Waals surface area contributed by atoms with Gasteiger partial charge in [0, 0.05) is 5.75 Å². The average molecular weight is 355 g/mol. The summed E-state index contributed by atoms with van der Waals surface area (Å²) in [6.07, 6.45) is 0. The summed E-state index contributed by atoms with van der Waals surface area (Å²) in [5.41, 5.74) is 7.10. The minimum Gasteiger partial charge on any atom is -0.272 e. The summed E-state index contributed by atoms with van der Waals surface area (Å²) in [6.45, 7) is 8.48. The summed E-state index contributed by atoms with van der Waals surface area (Å²) in [5, 5.41) is 4.22. The van der Waals surface area contributed by atoms with Crippen molar-refractivity contribution in [1.82, 2.24) is 5.43 Å². The van der Waals surface area contributed by atoms with Gasteiger partial charge in [-0.3, -0.25) is 4.79 Å². The van der Waals surface area contributed by atoms with Crippen LogP contribution in [0.25, 0.3) is 0 Å². The van der Waals surface area contributed by atoms with Gasteiger partial charge in [0.25, 0.3) is 0 Å². The van der Waals surface area contributed by atoms with Crippen LogP contribution in [0.4, 0.5) is 0 Å². The van der Waals surface area contributed by atoms with E-state index in [1.165, 1.54) is 11.1 Å². The molecule has 1 N–H and O–H groups in total. The highest BCUT2D eigenvalue weighted by Gasteiger charge is 2.13. The van der Waals surface area contributed by atoms with Crippen molar-refractivity contribution in [3.63, 3.8) is 0 Å². The first-order chi connectivity index (χ1) is 11.9. The van der Waals surface area contributed by atoms with Crippen molar-refractivity contribution in [3.8, 4) is 0 Å². The molecule has 0 saturated heterocycles. The monoisotopic (exact) mass is 354 g/mol. The van der Waals surface area contributed by atoms with Gasteiger partial charge in [0.2, 0.25) is 5.91 Å². The molecule has 0 atom stereocenters. The lowest BCUT2D eigenvalue weighted by molar-refractivity contribution is -0.118. The highest BCUT2D eigenvalue weighted by molar-refractivity contribution is 7.99. The number of thioether (sulfide) groups is 1. The molecule has 0 fully saturated rings. The lowest BCUT2D eigenvalue weighted by atomic mass is 9.86. The number of benzene rings is 2. The maximum Gasteiger partial charge on any atom is 0.250 e. The zero-order valence-corrected chi connectivity index (χ0v) is 16.2. The molecule has 0 aliphatic carbocycles. The summed E-state index contributed by atoms with van der Waals surface area (Å²) in [5.74, 6) is 1.14. The second kappa shape index (κ2) is 8.86. The van der Waals surface area contributed by atoms with E-state index >= 15 is 0 Å². The van der Waals surface area contributed by atoms with Gasteiger partial charge in [-0.25, -0.2) is 5.43 Å². The van der Waals surface area contributed by atoms with E-state index in [-0.39, 0.29) is 11.3 Å². The van der Waals surface area contributed by atoms with E-state index in [1.54, 1.807) is 11.8 Å². The van der Waals surface area contributed by atoms with Gasteiger partial charge in [0.05, 0.1) is 11.5 Å². The van der Waals surface area contributed by atoms with E-state index in [0.29, 0.717) is 5.75 Å². The summed E-state index contributed by atoms with van der Waals surface area (Å²) in [4.78, 5) is 11.9. The predicted molar refractivity (Wildman–Crippen MR) is 108 cm³/mol. The maximum absolute atomic E-state index is 11.9. The van der Waals surface area contributed by atoms with E-state index < -0.39 is 0 Å². The van der Waals surface area contributed by atoms with Crippen LogP contribution in [-0.4, -0.2) is 17.4 Å². The number of amides is 1. The fourth-order valence-electron chi connectivity index (χ4n) is 2.29. The van der Waals surface area contributed by atoms with Crippen molar-refractivity contribution < 1.29 is 4.79 Å². The Morgan fingerprint density at radius 1 is 1.04 bits per heavy atom. The number of nitrogens with one attached hydrogen (secondary N) is 1. The predicted octanol–water partition coefficient (Wildman–Crippen LogP) is 4.76. The van der Waals surface area contributed by atoms with Crippen molar-refractivity contribution in [1.29, 1.82) is 0 Å². The molecule has 0 saturated carbocycles. The molecule has 1 amide bonds. The first-order valence-electron chi connectivity index (χ1n) is 8.42. The Balaban J connectivity index is 1.82. The SMILES string of the molecule is C/C(=N/NC(=O)CSCc1ccccc1)c1ccc(C(C)(C)C)cc1. The Labute approximate surface area is 154 Å².